The van der Waals surface area contributed by atoms with Gasteiger partial charge in [0.25, 0.3) is 0 Å². The van der Waals surface area contributed by atoms with Gasteiger partial charge in [-0.05, 0) is 12.1 Å². The molecule has 0 spiro atoms. The van der Waals surface area contributed by atoms with Crippen LogP contribution in [0.4, 0.5) is 13.2 Å². The summed E-state index contributed by atoms with van der Waals surface area (Å²) >= 11 is 5.37. The number of hydrogen-bond acceptors (Lipinski definition) is 2. The van der Waals surface area contributed by atoms with Crippen LogP contribution in [0.1, 0.15) is 11.1 Å². The quantitative estimate of drug-likeness (QED) is 0.732. The first-order valence-electron chi connectivity index (χ1n) is 3.36. The lowest BCUT2D eigenvalue weighted by Crippen LogP contribution is -2.08. The number of phenolic OH excluding ortho intramolecular Hbond substituents is 1. The van der Waals surface area contributed by atoms with Crippen molar-refractivity contribution in [2.75, 3.05) is 0 Å². The Balaban J connectivity index is 3.56. The van der Waals surface area contributed by atoms with Crippen molar-refractivity contribution in [3.05, 3.63) is 28.3 Å². The van der Waals surface area contributed by atoms with Crippen LogP contribution in [0, 0.1) is 11.3 Å². The fraction of sp³-hybridized carbons (Fsp3) is 0.125. The van der Waals surface area contributed by atoms with Crippen molar-refractivity contribution >= 4 is 11.6 Å². The summed E-state index contributed by atoms with van der Waals surface area (Å²) in [5.41, 5.74) is -2.16. The molecule has 0 fully saturated rings. The third-order valence-electron chi connectivity index (χ3n) is 1.53. The number of phenols is 1. The summed E-state index contributed by atoms with van der Waals surface area (Å²) in [5.74, 6) is -1.00. The fourth-order valence-corrected chi connectivity index (χ4v) is 1.16. The molecule has 1 N–H and O–H groups in total. The maximum absolute atomic E-state index is 12.3. The van der Waals surface area contributed by atoms with E-state index in [1.807, 2.05) is 0 Å². The first-order valence-corrected chi connectivity index (χ1v) is 3.74. The molecule has 0 aliphatic rings. The highest BCUT2D eigenvalue weighted by Crippen LogP contribution is 2.40. The van der Waals surface area contributed by atoms with Gasteiger partial charge in [-0.1, -0.05) is 11.6 Å². The Kier molecular flexibility index (Phi) is 2.58. The summed E-state index contributed by atoms with van der Waals surface area (Å²) in [4.78, 5) is 0. The van der Waals surface area contributed by atoms with Crippen LogP contribution in [0.15, 0.2) is 12.1 Å². The molecule has 2 nitrogen and oxygen atoms in total. The molecule has 0 aliphatic carbocycles. The summed E-state index contributed by atoms with van der Waals surface area (Å²) in [6, 6.07) is 3.13. The fourth-order valence-electron chi connectivity index (χ4n) is 0.963. The maximum Gasteiger partial charge on any atom is 0.421 e. The van der Waals surface area contributed by atoms with E-state index < -0.39 is 23.1 Å². The van der Waals surface area contributed by atoms with Crippen LogP contribution < -0.4 is 0 Å². The Morgan fingerprint density at radius 3 is 2.29 bits per heavy atom. The Bertz CT molecular complexity index is 408. The van der Waals surface area contributed by atoms with Crippen LogP contribution in [-0.2, 0) is 6.18 Å². The molecule has 1 rings (SSSR count). The first-order chi connectivity index (χ1) is 6.38. The zero-order chi connectivity index (χ0) is 10.9. The largest absolute Gasteiger partial charge is 0.507 e. The second-order valence-corrected chi connectivity index (χ2v) is 2.83. The molecule has 14 heavy (non-hydrogen) atoms. The van der Waals surface area contributed by atoms with Gasteiger partial charge in [0, 0.05) is 0 Å². The summed E-state index contributed by atoms with van der Waals surface area (Å²) in [6.45, 7) is 0. The number of nitriles is 1. The van der Waals surface area contributed by atoms with Crippen LogP contribution in [0.5, 0.6) is 5.75 Å². The van der Waals surface area contributed by atoms with Gasteiger partial charge in [0.05, 0.1) is 10.6 Å². The Hall–Kier alpha value is -1.41. The standard InChI is InChI=1S/C8H3ClF3NO/c9-5-1-2-6(14)7(4(5)3-13)8(10,11)12/h1-2,14H. The van der Waals surface area contributed by atoms with Gasteiger partial charge in [0.15, 0.2) is 0 Å². The lowest BCUT2D eigenvalue weighted by molar-refractivity contribution is -0.138. The molecule has 1 aromatic rings. The number of hydrogen-bond donors (Lipinski definition) is 1. The van der Waals surface area contributed by atoms with Gasteiger partial charge in [0.1, 0.15) is 17.4 Å². The molecule has 0 saturated heterocycles. The number of halogens is 4. The van der Waals surface area contributed by atoms with Crippen molar-refractivity contribution in [2.24, 2.45) is 0 Å². The van der Waals surface area contributed by atoms with E-state index in [0.717, 1.165) is 12.1 Å². The Labute approximate surface area is 82.1 Å². The molecule has 74 valence electrons. The molecule has 0 radical (unpaired) electrons. The van der Waals surface area contributed by atoms with E-state index in [0.29, 0.717) is 0 Å². The SMILES string of the molecule is N#Cc1c(Cl)ccc(O)c1C(F)(F)F. The van der Waals surface area contributed by atoms with Crippen LogP contribution >= 0.6 is 11.6 Å². The predicted molar refractivity (Wildman–Crippen MR) is 42.8 cm³/mol. The highest BCUT2D eigenvalue weighted by molar-refractivity contribution is 6.31. The van der Waals surface area contributed by atoms with E-state index in [2.05, 4.69) is 0 Å². The van der Waals surface area contributed by atoms with E-state index in [1.54, 1.807) is 0 Å². The third kappa shape index (κ3) is 1.75. The van der Waals surface area contributed by atoms with E-state index in [-0.39, 0.29) is 5.02 Å². The average Bonchev–Trinajstić information content (AvgIpc) is 2.06. The highest BCUT2D eigenvalue weighted by Gasteiger charge is 2.37. The van der Waals surface area contributed by atoms with Gasteiger partial charge in [0.2, 0.25) is 0 Å². The number of rotatable bonds is 0. The van der Waals surface area contributed by atoms with E-state index in [4.69, 9.17) is 22.0 Å². The summed E-state index contributed by atoms with van der Waals surface area (Å²) < 4.78 is 36.9. The normalized spacial score (nSPS) is 11.1. The second-order valence-electron chi connectivity index (χ2n) is 2.43. The molecule has 0 heterocycles. The number of benzene rings is 1. The van der Waals surface area contributed by atoms with Gasteiger partial charge in [-0.3, -0.25) is 0 Å². The summed E-state index contributed by atoms with van der Waals surface area (Å²) in [5, 5.41) is 17.1. The highest BCUT2D eigenvalue weighted by atomic mass is 35.5. The van der Waals surface area contributed by atoms with Crippen molar-refractivity contribution in [1.82, 2.24) is 0 Å². The second kappa shape index (κ2) is 3.39. The number of nitrogens with zero attached hydrogens (tertiary/aromatic N) is 1. The maximum atomic E-state index is 12.3. The zero-order valence-electron chi connectivity index (χ0n) is 6.56. The molecule has 0 aliphatic heterocycles. The molecule has 1 aromatic carbocycles. The van der Waals surface area contributed by atoms with Gasteiger partial charge in [-0.2, -0.15) is 18.4 Å². The smallest absolute Gasteiger partial charge is 0.421 e. The van der Waals surface area contributed by atoms with E-state index in [9.17, 15) is 13.2 Å². The minimum Gasteiger partial charge on any atom is -0.507 e. The van der Waals surface area contributed by atoms with Gasteiger partial charge >= 0.3 is 6.18 Å². The van der Waals surface area contributed by atoms with Crippen molar-refractivity contribution in [1.29, 1.82) is 5.26 Å². The molecule has 0 saturated carbocycles. The Morgan fingerprint density at radius 1 is 1.36 bits per heavy atom. The number of alkyl halides is 3. The molecule has 0 bridgehead atoms. The minimum absolute atomic E-state index is 0.336. The van der Waals surface area contributed by atoms with Gasteiger partial charge in [-0.25, -0.2) is 0 Å². The molecular weight excluding hydrogens is 219 g/mol. The van der Waals surface area contributed by atoms with Crippen LogP contribution in [-0.4, -0.2) is 5.11 Å². The molecular formula is C8H3ClF3NO. The number of aromatic hydroxyl groups is 1. The van der Waals surface area contributed by atoms with Crippen molar-refractivity contribution < 1.29 is 18.3 Å². The zero-order valence-corrected chi connectivity index (χ0v) is 7.32. The molecule has 0 unspecified atom stereocenters. The van der Waals surface area contributed by atoms with Crippen molar-refractivity contribution in [2.45, 2.75) is 6.18 Å². The van der Waals surface area contributed by atoms with Gasteiger partial charge in [-0.15, -0.1) is 0 Å². The molecule has 6 heteroatoms. The molecule has 0 aromatic heterocycles. The molecule has 0 atom stereocenters. The average molecular weight is 222 g/mol. The van der Waals surface area contributed by atoms with Crippen LogP contribution in [0.3, 0.4) is 0 Å². The first kappa shape index (κ1) is 10.7. The van der Waals surface area contributed by atoms with Crippen LogP contribution in [0.25, 0.3) is 0 Å². The minimum atomic E-state index is -4.79. The van der Waals surface area contributed by atoms with E-state index >= 15 is 0 Å². The van der Waals surface area contributed by atoms with Crippen molar-refractivity contribution in [3.8, 4) is 11.8 Å². The lowest BCUT2D eigenvalue weighted by atomic mass is 10.1. The monoisotopic (exact) mass is 221 g/mol. The summed E-state index contributed by atoms with van der Waals surface area (Å²) in [7, 11) is 0. The molecule has 0 amide bonds. The summed E-state index contributed by atoms with van der Waals surface area (Å²) in [6.07, 6.45) is -4.79. The third-order valence-corrected chi connectivity index (χ3v) is 1.84. The Morgan fingerprint density at radius 2 is 1.93 bits per heavy atom. The van der Waals surface area contributed by atoms with Crippen molar-refractivity contribution in [3.63, 3.8) is 0 Å². The van der Waals surface area contributed by atoms with Crippen LogP contribution in [0.2, 0.25) is 5.02 Å². The predicted octanol–water partition coefficient (Wildman–Crippen LogP) is 2.94. The van der Waals surface area contributed by atoms with E-state index in [1.165, 1.54) is 6.07 Å². The topological polar surface area (TPSA) is 44.0 Å². The lowest BCUT2D eigenvalue weighted by Gasteiger charge is -2.11. The van der Waals surface area contributed by atoms with Gasteiger partial charge < -0.3 is 5.11 Å².